The fraction of sp³-hybridized carbons (Fsp3) is 0.333. The van der Waals surface area contributed by atoms with Gasteiger partial charge in [-0.15, -0.1) is 12.4 Å². The summed E-state index contributed by atoms with van der Waals surface area (Å²) in [6, 6.07) is 17.2. The summed E-state index contributed by atoms with van der Waals surface area (Å²) in [4.78, 5) is 0. The maximum atomic E-state index is 5.41. The highest BCUT2D eigenvalue weighted by Crippen LogP contribution is 2.41. The van der Waals surface area contributed by atoms with Gasteiger partial charge in [-0.1, -0.05) is 30.3 Å². The zero-order chi connectivity index (χ0) is 14.7. The zero-order valence-electron chi connectivity index (χ0n) is 12.9. The second-order valence-electron chi connectivity index (χ2n) is 5.42. The Kier molecular flexibility index (Phi) is 5.69. The molecule has 0 saturated heterocycles. The van der Waals surface area contributed by atoms with Crippen LogP contribution in [0.25, 0.3) is 0 Å². The van der Waals surface area contributed by atoms with E-state index in [0.29, 0.717) is 12.0 Å². The van der Waals surface area contributed by atoms with E-state index in [2.05, 4.69) is 35.6 Å². The maximum Gasteiger partial charge on any atom is 0.123 e. The molecule has 2 aromatic rings. The van der Waals surface area contributed by atoms with Crippen molar-refractivity contribution in [2.75, 3.05) is 14.2 Å². The van der Waals surface area contributed by atoms with Gasteiger partial charge in [0.15, 0.2) is 0 Å². The molecule has 1 fully saturated rings. The van der Waals surface area contributed by atoms with Crippen molar-refractivity contribution < 1.29 is 9.47 Å². The summed E-state index contributed by atoms with van der Waals surface area (Å²) in [5.41, 5.74) is 2.56. The van der Waals surface area contributed by atoms with E-state index in [1.807, 2.05) is 18.2 Å². The van der Waals surface area contributed by atoms with Crippen molar-refractivity contribution >= 4 is 12.4 Å². The molecule has 0 amide bonds. The number of hydrogen-bond donors (Lipinski definition) is 1. The van der Waals surface area contributed by atoms with Crippen LogP contribution in [0.15, 0.2) is 48.5 Å². The van der Waals surface area contributed by atoms with Gasteiger partial charge in [0.1, 0.15) is 11.5 Å². The number of hydrogen-bond acceptors (Lipinski definition) is 3. The lowest BCUT2D eigenvalue weighted by molar-refractivity contribution is 0.397. The van der Waals surface area contributed by atoms with Crippen molar-refractivity contribution in [1.82, 2.24) is 5.32 Å². The van der Waals surface area contributed by atoms with Crippen LogP contribution in [0.3, 0.4) is 0 Å². The molecule has 2 atom stereocenters. The molecule has 1 aliphatic rings. The average molecular weight is 320 g/mol. The van der Waals surface area contributed by atoms with Crippen LogP contribution < -0.4 is 14.8 Å². The number of methoxy groups -OCH3 is 2. The highest BCUT2D eigenvalue weighted by molar-refractivity contribution is 5.85. The van der Waals surface area contributed by atoms with Gasteiger partial charge in [0.05, 0.1) is 14.2 Å². The van der Waals surface area contributed by atoms with Crippen LogP contribution in [0.1, 0.15) is 23.5 Å². The summed E-state index contributed by atoms with van der Waals surface area (Å²) >= 11 is 0. The molecule has 1 aliphatic carbocycles. The minimum absolute atomic E-state index is 0. The van der Waals surface area contributed by atoms with E-state index < -0.39 is 0 Å². The van der Waals surface area contributed by atoms with Gasteiger partial charge in [-0.3, -0.25) is 0 Å². The first-order valence-electron chi connectivity index (χ1n) is 7.31. The molecule has 0 aromatic heterocycles. The van der Waals surface area contributed by atoms with Crippen molar-refractivity contribution in [2.24, 2.45) is 0 Å². The molecule has 0 bridgehead atoms. The normalized spacial score (nSPS) is 19.2. The molecule has 1 N–H and O–H groups in total. The summed E-state index contributed by atoms with van der Waals surface area (Å²) in [6.07, 6.45) is 1.20. The van der Waals surface area contributed by atoms with Gasteiger partial charge in [-0.05, 0) is 30.2 Å². The van der Waals surface area contributed by atoms with Crippen LogP contribution >= 0.6 is 12.4 Å². The van der Waals surface area contributed by atoms with Crippen LogP contribution in [-0.2, 0) is 6.54 Å². The van der Waals surface area contributed by atoms with E-state index in [-0.39, 0.29) is 12.4 Å². The van der Waals surface area contributed by atoms with Gasteiger partial charge in [-0.25, -0.2) is 0 Å². The second-order valence-corrected chi connectivity index (χ2v) is 5.42. The molecule has 1 saturated carbocycles. The first-order valence-corrected chi connectivity index (χ1v) is 7.31. The Hall–Kier alpha value is -1.71. The van der Waals surface area contributed by atoms with Gasteiger partial charge in [-0.2, -0.15) is 0 Å². The molecule has 0 radical (unpaired) electrons. The van der Waals surface area contributed by atoms with Gasteiger partial charge in [0, 0.05) is 24.1 Å². The number of halogens is 1. The van der Waals surface area contributed by atoms with Crippen LogP contribution in [0.2, 0.25) is 0 Å². The molecule has 3 rings (SSSR count). The Morgan fingerprint density at radius 1 is 1.05 bits per heavy atom. The predicted octanol–water partition coefficient (Wildman–Crippen LogP) is 3.77. The molecule has 0 heterocycles. The SMILES string of the molecule is COc1ccc(OC)c(CN[C@H]2CC2c2ccccc2)c1.Cl. The Labute approximate surface area is 138 Å². The van der Waals surface area contributed by atoms with Crippen molar-refractivity contribution in [3.05, 3.63) is 59.7 Å². The third-order valence-electron chi connectivity index (χ3n) is 4.06. The Morgan fingerprint density at radius 3 is 2.50 bits per heavy atom. The van der Waals surface area contributed by atoms with Crippen LogP contribution in [0, 0.1) is 0 Å². The molecule has 2 aromatic carbocycles. The van der Waals surface area contributed by atoms with Crippen molar-refractivity contribution in [3.8, 4) is 11.5 Å². The quantitative estimate of drug-likeness (QED) is 0.879. The van der Waals surface area contributed by atoms with E-state index in [0.717, 1.165) is 23.6 Å². The van der Waals surface area contributed by atoms with Crippen molar-refractivity contribution in [2.45, 2.75) is 24.9 Å². The van der Waals surface area contributed by atoms with E-state index in [1.165, 1.54) is 12.0 Å². The van der Waals surface area contributed by atoms with E-state index >= 15 is 0 Å². The molecule has 0 aliphatic heterocycles. The minimum Gasteiger partial charge on any atom is -0.497 e. The van der Waals surface area contributed by atoms with Crippen molar-refractivity contribution in [3.63, 3.8) is 0 Å². The lowest BCUT2D eigenvalue weighted by Gasteiger charge is -2.11. The zero-order valence-corrected chi connectivity index (χ0v) is 13.7. The largest absolute Gasteiger partial charge is 0.497 e. The van der Waals surface area contributed by atoms with Crippen LogP contribution in [-0.4, -0.2) is 20.3 Å². The summed E-state index contributed by atoms with van der Waals surface area (Å²) in [7, 11) is 3.39. The summed E-state index contributed by atoms with van der Waals surface area (Å²) in [5.74, 6) is 2.41. The standard InChI is InChI=1S/C18H21NO2.ClH/c1-20-15-8-9-18(21-2)14(10-15)12-19-17-11-16(17)13-6-4-3-5-7-13;/h3-10,16-17,19H,11-12H2,1-2H3;1H/t16?,17-;/m0./s1. The summed E-state index contributed by atoms with van der Waals surface area (Å²) in [5, 5.41) is 3.61. The second kappa shape index (κ2) is 7.52. The topological polar surface area (TPSA) is 30.5 Å². The average Bonchev–Trinajstić information content (AvgIpc) is 3.33. The molecular weight excluding hydrogens is 298 g/mol. The fourth-order valence-electron chi connectivity index (χ4n) is 2.75. The Balaban J connectivity index is 0.00000176. The minimum atomic E-state index is 0. The maximum absolute atomic E-state index is 5.41. The number of rotatable bonds is 6. The van der Waals surface area contributed by atoms with Gasteiger partial charge in [0.25, 0.3) is 0 Å². The molecule has 4 heteroatoms. The highest BCUT2D eigenvalue weighted by Gasteiger charge is 2.37. The van der Waals surface area contributed by atoms with Gasteiger partial charge >= 0.3 is 0 Å². The molecule has 0 spiro atoms. The van der Waals surface area contributed by atoms with Gasteiger partial charge in [0.2, 0.25) is 0 Å². The third kappa shape index (κ3) is 3.73. The first-order chi connectivity index (χ1) is 10.3. The predicted molar refractivity (Wildman–Crippen MR) is 91.2 cm³/mol. The lowest BCUT2D eigenvalue weighted by atomic mass is 10.1. The molecule has 118 valence electrons. The Morgan fingerprint density at radius 2 is 1.82 bits per heavy atom. The Bertz CT molecular complexity index is 603. The van der Waals surface area contributed by atoms with E-state index in [9.17, 15) is 0 Å². The molecule has 22 heavy (non-hydrogen) atoms. The van der Waals surface area contributed by atoms with E-state index in [1.54, 1.807) is 14.2 Å². The van der Waals surface area contributed by atoms with Crippen LogP contribution in [0.4, 0.5) is 0 Å². The monoisotopic (exact) mass is 319 g/mol. The number of nitrogens with one attached hydrogen (secondary N) is 1. The molecular formula is C18H22ClNO2. The third-order valence-corrected chi connectivity index (χ3v) is 4.06. The van der Waals surface area contributed by atoms with Crippen molar-refractivity contribution in [1.29, 1.82) is 0 Å². The number of benzene rings is 2. The highest BCUT2D eigenvalue weighted by atomic mass is 35.5. The van der Waals surface area contributed by atoms with Crippen LogP contribution in [0.5, 0.6) is 11.5 Å². The molecule has 3 nitrogen and oxygen atoms in total. The number of ether oxygens (including phenoxy) is 2. The van der Waals surface area contributed by atoms with Gasteiger partial charge < -0.3 is 14.8 Å². The van der Waals surface area contributed by atoms with E-state index in [4.69, 9.17) is 9.47 Å². The summed E-state index contributed by atoms with van der Waals surface area (Å²) < 4.78 is 10.7. The summed E-state index contributed by atoms with van der Waals surface area (Å²) in [6.45, 7) is 0.800. The lowest BCUT2D eigenvalue weighted by Crippen LogP contribution is -2.17. The first kappa shape index (κ1) is 16.7. The molecule has 1 unspecified atom stereocenters. The smallest absolute Gasteiger partial charge is 0.123 e. The fourth-order valence-corrected chi connectivity index (χ4v) is 2.75.